The van der Waals surface area contributed by atoms with Gasteiger partial charge in [-0.25, -0.2) is 4.98 Å². The number of thiazole rings is 1. The fraction of sp³-hybridized carbons (Fsp3) is 0.636. The zero-order chi connectivity index (χ0) is 11.1. The predicted molar refractivity (Wildman–Crippen MR) is 63.3 cm³/mol. The summed E-state index contributed by atoms with van der Waals surface area (Å²) in [5.41, 5.74) is 6.08. The van der Waals surface area contributed by atoms with Gasteiger partial charge in [-0.1, -0.05) is 0 Å². The maximum Gasteiger partial charge on any atom is 0.273 e. The van der Waals surface area contributed by atoms with Gasteiger partial charge in [-0.05, 0) is 31.6 Å². The first-order valence-corrected chi connectivity index (χ1v) is 6.64. The molecule has 5 heteroatoms. The SMILES string of the molecule is Nc1nc(C(=O)N(CC2CC2)C2CC2)cs1. The minimum atomic E-state index is 0.0716. The van der Waals surface area contributed by atoms with Crippen LogP contribution in [0.3, 0.4) is 0 Å². The van der Waals surface area contributed by atoms with Gasteiger partial charge >= 0.3 is 0 Å². The van der Waals surface area contributed by atoms with Crippen molar-refractivity contribution in [2.75, 3.05) is 12.3 Å². The van der Waals surface area contributed by atoms with E-state index in [0.29, 0.717) is 16.9 Å². The van der Waals surface area contributed by atoms with Gasteiger partial charge < -0.3 is 10.6 Å². The maximum atomic E-state index is 12.2. The number of nitrogens with zero attached hydrogens (tertiary/aromatic N) is 2. The lowest BCUT2D eigenvalue weighted by atomic mass is 10.3. The van der Waals surface area contributed by atoms with E-state index in [1.165, 1.54) is 24.2 Å². The van der Waals surface area contributed by atoms with Crippen LogP contribution in [0.25, 0.3) is 0 Å². The zero-order valence-corrected chi connectivity index (χ0v) is 9.87. The van der Waals surface area contributed by atoms with Crippen molar-refractivity contribution in [1.82, 2.24) is 9.88 Å². The van der Waals surface area contributed by atoms with Crippen molar-refractivity contribution < 1.29 is 4.79 Å². The molecule has 0 atom stereocenters. The standard InChI is InChI=1S/C11H15N3OS/c12-11-13-9(6-16-11)10(15)14(8-3-4-8)5-7-1-2-7/h6-8H,1-5H2,(H2,12,13). The predicted octanol–water partition coefficient (Wildman–Crippen LogP) is 1.74. The Hall–Kier alpha value is -1.10. The Labute approximate surface area is 98.5 Å². The molecule has 3 rings (SSSR count). The van der Waals surface area contributed by atoms with E-state index in [9.17, 15) is 4.79 Å². The van der Waals surface area contributed by atoms with Crippen molar-refractivity contribution in [3.63, 3.8) is 0 Å². The number of carbonyl (C=O) groups is 1. The molecule has 2 aliphatic carbocycles. The summed E-state index contributed by atoms with van der Waals surface area (Å²) in [4.78, 5) is 18.3. The maximum absolute atomic E-state index is 12.2. The number of hydrogen-bond acceptors (Lipinski definition) is 4. The molecule has 86 valence electrons. The highest BCUT2D eigenvalue weighted by atomic mass is 32.1. The van der Waals surface area contributed by atoms with Crippen LogP contribution in [0.15, 0.2) is 5.38 Å². The second-order valence-corrected chi connectivity index (χ2v) is 5.59. The van der Waals surface area contributed by atoms with Gasteiger partial charge in [-0.2, -0.15) is 0 Å². The second-order valence-electron chi connectivity index (χ2n) is 4.70. The Morgan fingerprint density at radius 1 is 1.50 bits per heavy atom. The molecule has 1 heterocycles. The first-order valence-electron chi connectivity index (χ1n) is 5.76. The molecule has 2 fully saturated rings. The van der Waals surface area contributed by atoms with E-state index in [4.69, 9.17) is 5.73 Å². The lowest BCUT2D eigenvalue weighted by Gasteiger charge is -2.21. The molecule has 2 N–H and O–H groups in total. The molecule has 0 unspecified atom stereocenters. The van der Waals surface area contributed by atoms with Crippen molar-refractivity contribution in [1.29, 1.82) is 0 Å². The Morgan fingerprint density at radius 3 is 2.75 bits per heavy atom. The van der Waals surface area contributed by atoms with Crippen LogP contribution in [-0.2, 0) is 0 Å². The highest BCUT2D eigenvalue weighted by molar-refractivity contribution is 7.13. The molecule has 1 aromatic rings. The molecular weight excluding hydrogens is 222 g/mol. The number of nitrogen functional groups attached to an aromatic ring is 1. The fourth-order valence-electron chi connectivity index (χ4n) is 1.90. The molecule has 0 spiro atoms. The summed E-state index contributed by atoms with van der Waals surface area (Å²) in [6.45, 7) is 0.918. The van der Waals surface area contributed by atoms with E-state index in [2.05, 4.69) is 4.98 Å². The van der Waals surface area contributed by atoms with Crippen LogP contribution in [0, 0.1) is 5.92 Å². The van der Waals surface area contributed by atoms with Crippen LogP contribution < -0.4 is 5.73 Å². The number of aromatic nitrogens is 1. The number of carbonyl (C=O) groups excluding carboxylic acids is 1. The van der Waals surface area contributed by atoms with Crippen molar-refractivity contribution >= 4 is 22.4 Å². The first-order chi connectivity index (χ1) is 7.74. The minimum absolute atomic E-state index is 0.0716. The molecule has 0 saturated heterocycles. The third-order valence-electron chi connectivity index (χ3n) is 3.14. The van der Waals surface area contributed by atoms with Gasteiger partial charge in [0, 0.05) is 18.0 Å². The number of hydrogen-bond donors (Lipinski definition) is 1. The van der Waals surface area contributed by atoms with E-state index >= 15 is 0 Å². The van der Waals surface area contributed by atoms with E-state index in [0.717, 1.165) is 25.3 Å². The van der Waals surface area contributed by atoms with Gasteiger partial charge in [0.2, 0.25) is 0 Å². The molecule has 0 aliphatic heterocycles. The molecule has 1 amide bonds. The smallest absolute Gasteiger partial charge is 0.273 e. The Bertz CT molecular complexity index is 409. The van der Waals surface area contributed by atoms with Crippen molar-refractivity contribution in [2.24, 2.45) is 5.92 Å². The van der Waals surface area contributed by atoms with Gasteiger partial charge in [0.25, 0.3) is 5.91 Å². The summed E-state index contributed by atoms with van der Waals surface area (Å²) < 4.78 is 0. The zero-order valence-electron chi connectivity index (χ0n) is 9.06. The Morgan fingerprint density at radius 2 is 2.25 bits per heavy atom. The van der Waals surface area contributed by atoms with Gasteiger partial charge in [0.1, 0.15) is 5.69 Å². The molecule has 0 radical (unpaired) electrons. The van der Waals surface area contributed by atoms with Crippen LogP contribution >= 0.6 is 11.3 Å². The third kappa shape index (κ3) is 2.04. The van der Waals surface area contributed by atoms with Crippen LogP contribution in [0.2, 0.25) is 0 Å². The molecule has 0 aromatic carbocycles. The molecule has 1 aromatic heterocycles. The van der Waals surface area contributed by atoms with Crippen molar-refractivity contribution in [2.45, 2.75) is 31.7 Å². The molecule has 2 saturated carbocycles. The average Bonchev–Trinajstić information content (AvgIpc) is 3.15. The van der Waals surface area contributed by atoms with E-state index < -0.39 is 0 Å². The summed E-state index contributed by atoms with van der Waals surface area (Å²) in [6.07, 6.45) is 4.85. The van der Waals surface area contributed by atoms with Gasteiger partial charge in [-0.15, -0.1) is 11.3 Å². The third-order valence-corrected chi connectivity index (χ3v) is 3.82. The second kappa shape index (κ2) is 3.73. The fourth-order valence-corrected chi connectivity index (χ4v) is 2.43. The Balaban J connectivity index is 1.74. The van der Waals surface area contributed by atoms with Crippen LogP contribution in [0.4, 0.5) is 5.13 Å². The summed E-state index contributed by atoms with van der Waals surface area (Å²) in [6, 6.07) is 0.469. The quantitative estimate of drug-likeness (QED) is 0.867. The van der Waals surface area contributed by atoms with E-state index in [1.807, 2.05) is 4.90 Å². The molecule has 4 nitrogen and oxygen atoms in total. The van der Waals surface area contributed by atoms with Crippen molar-refractivity contribution in [3.05, 3.63) is 11.1 Å². The highest BCUT2D eigenvalue weighted by Crippen LogP contribution is 2.35. The monoisotopic (exact) mass is 237 g/mol. The van der Waals surface area contributed by atoms with E-state index in [-0.39, 0.29) is 5.91 Å². The lowest BCUT2D eigenvalue weighted by molar-refractivity contribution is 0.0730. The number of anilines is 1. The average molecular weight is 237 g/mol. The lowest BCUT2D eigenvalue weighted by Crippen LogP contribution is -2.35. The number of amides is 1. The molecule has 0 bridgehead atoms. The number of nitrogens with two attached hydrogens (primary N) is 1. The van der Waals surface area contributed by atoms with Gasteiger partial charge in [0.05, 0.1) is 0 Å². The first kappa shape index (κ1) is 10.1. The van der Waals surface area contributed by atoms with Gasteiger partial charge in [0.15, 0.2) is 5.13 Å². The summed E-state index contributed by atoms with van der Waals surface area (Å²) in [7, 11) is 0. The van der Waals surface area contributed by atoms with Crippen LogP contribution in [0.5, 0.6) is 0 Å². The summed E-state index contributed by atoms with van der Waals surface area (Å²) >= 11 is 1.34. The largest absolute Gasteiger partial charge is 0.375 e. The number of rotatable bonds is 4. The van der Waals surface area contributed by atoms with Crippen LogP contribution in [-0.4, -0.2) is 28.4 Å². The Kier molecular flexibility index (Phi) is 2.35. The summed E-state index contributed by atoms with van der Waals surface area (Å²) in [5.74, 6) is 0.808. The molecule has 16 heavy (non-hydrogen) atoms. The van der Waals surface area contributed by atoms with E-state index in [1.54, 1.807) is 5.38 Å². The molecular formula is C11H15N3OS. The minimum Gasteiger partial charge on any atom is -0.375 e. The van der Waals surface area contributed by atoms with Crippen LogP contribution in [0.1, 0.15) is 36.2 Å². The molecule has 2 aliphatic rings. The van der Waals surface area contributed by atoms with Crippen molar-refractivity contribution in [3.8, 4) is 0 Å². The highest BCUT2D eigenvalue weighted by Gasteiger charge is 2.37. The topological polar surface area (TPSA) is 59.2 Å². The van der Waals surface area contributed by atoms with Gasteiger partial charge in [-0.3, -0.25) is 4.79 Å². The summed E-state index contributed by atoms with van der Waals surface area (Å²) in [5, 5.41) is 2.24. The normalized spacial score (nSPS) is 19.8.